The van der Waals surface area contributed by atoms with Gasteiger partial charge in [-0.2, -0.15) is 0 Å². The molecule has 1 aromatic carbocycles. The predicted molar refractivity (Wildman–Crippen MR) is 95.0 cm³/mol. The monoisotopic (exact) mass is 353 g/mol. The first-order chi connectivity index (χ1) is 10.2. The molecular formula is C18H28BrNO. The number of hydrogen-bond donors (Lipinski definition) is 1. The third-order valence-corrected chi connectivity index (χ3v) is 3.82. The van der Waals surface area contributed by atoms with Gasteiger partial charge >= 0.3 is 0 Å². The van der Waals surface area contributed by atoms with Crippen molar-refractivity contribution < 1.29 is 4.74 Å². The lowest BCUT2D eigenvalue weighted by Crippen LogP contribution is -2.15. The smallest absolute Gasteiger partial charge is 0.126 e. The summed E-state index contributed by atoms with van der Waals surface area (Å²) in [6.45, 7) is 10.7. The molecule has 21 heavy (non-hydrogen) atoms. The molecule has 1 rings (SSSR count). The highest BCUT2D eigenvalue weighted by Crippen LogP contribution is 2.28. The molecule has 0 radical (unpaired) electrons. The highest BCUT2D eigenvalue weighted by Gasteiger charge is 2.09. The van der Waals surface area contributed by atoms with Gasteiger partial charge in [0.1, 0.15) is 5.75 Å². The molecule has 118 valence electrons. The van der Waals surface area contributed by atoms with Crippen molar-refractivity contribution in [1.82, 2.24) is 5.32 Å². The molecule has 1 aromatic rings. The van der Waals surface area contributed by atoms with Crippen molar-refractivity contribution in [2.75, 3.05) is 13.2 Å². The van der Waals surface area contributed by atoms with Crippen LogP contribution in [0.15, 0.2) is 29.3 Å². The number of halogens is 1. The fraction of sp³-hybridized carbons (Fsp3) is 0.556. The topological polar surface area (TPSA) is 21.3 Å². The van der Waals surface area contributed by atoms with Crippen LogP contribution in [0.4, 0.5) is 0 Å². The lowest BCUT2D eigenvalue weighted by atomic mass is 10.1. The summed E-state index contributed by atoms with van der Waals surface area (Å²) < 4.78 is 7.16. The van der Waals surface area contributed by atoms with Crippen LogP contribution in [0.3, 0.4) is 0 Å². The van der Waals surface area contributed by atoms with E-state index >= 15 is 0 Å². The molecule has 0 atom stereocenters. The van der Waals surface area contributed by atoms with E-state index in [4.69, 9.17) is 4.74 Å². The SMILES string of the molecule is C=CCCCCCOc1c(C)cc(Br)cc1CNCCC. The summed E-state index contributed by atoms with van der Waals surface area (Å²) in [6.07, 6.45) is 7.74. The summed E-state index contributed by atoms with van der Waals surface area (Å²) in [5.74, 6) is 1.05. The Morgan fingerprint density at radius 3 is 2.81 bits per heavy atom. The zero-order chi connectivity index (χ0) is 15.5. The van der Waals surface area contributed by atoms with Gasteiger partial charge in [-0.25, -0.2) is 0 Å². The molecule has 2 nitrogen and oxygen atoms in total. The minimum absolute atomic E-state index is 0.792. The van der Waals surface area contributed by atoms with Crippen molar-refractivity contribution in [3.05, 3.63) is 40.4 Å². The van der Waals surface area contributed by atoms with Crippen LogP contribution in [0, 0.1) is 6.92 Å². The summed E-state index contributed by atoms with van der Waals surface area (Å²) in [6, 6.07) is 4.28. The van der Waals surface area contributed by atoms with Gasteiger partial charge in [0, 0.05) is 16.6 Å². The van der Waals surface area contributed by atoms with Crippen LogP contribution in [-0.2, 0) is 6.54 Å². The first kappa shape index (κ1) is 18.2. The van der Waals surface area contributed by atoms with Crippen molar-refractivity contribution in [1.29, 1.82) is 0 Å². The number of rotatable bonds is 11. The van der Waals surface area contributed by atoms with Crippen LogP contribution < -0.4 is 10.1 Å². The Hall–Kier alpha value is -0.800. The average molecular weight is 354 g/mol. The molecule has 0 aliphatic rings. The molecule has 3 heteroatoms. The lowest BCUT2D eigenvalue weighted by Gasteiger charge is -2.15. The zero-order valence-corrected chi connectivity index (χ0v) is 15.0. The van der Waals surface area contributed by atoms with Crippen LogP contribution in [-0.4, -0.2) is 13.2 Å². The van der Waals surface area contributed by atoms with Crippen LogP contribution >= 0.6 is 15.9 Å². The Labute approximate surface area is 138 Å². The van der Waals surface area contributed by atoms with Crippen molar-refractivity contribution >= 4 is 15.9 Å². The molecule has 0 aromatic heterocycles. The van der Waals surface area contributed by atoms with Crippen LogP contribution in [0.1, 0.15) is 50.2 Å². The molecule has 0 saturated carbocycles. The van der Waals surface area contributed by atoms with Crippen molar-refractivity contribution in [2.45, 2.75) is 52.5 Å². The fourth-order valence-electron chi connectivity index (χ4n) is 2.28. The van der Waals surface area contributed by atoms with Gasteiger partial charge in [-0.15, -0.1) is 6.58 Å². The first-order valence-corrected chi connectivity index (χ1v) is 8.71. The van der Waals surface area contributed by atoms with Crippen LogP contribution in [0.2, 0.25) is 0 Å². The van der Waals surface area contributed by atoms with Crippen molar-refractivity contribution in [2.24, 2.45) is 0 Å². The zero-order valence-electron chi connectivity index (χ0n) is 13.4. The highest BCUT2D eigenvalue weighted by atomic mass is 79.9. The summed E-state index contributed by atoms with van der Waals surface area (Å²) in [5, 5.41) is 3.45. The molecule has 0 saturated heterocycles. The molecule has 0 aliphatic heterocycles. The highest BCUT2D eigenvalue weighted by molar-refractivity contribution is 9.10. The summed E-state index contributed by atoms with van der Waals surface area (Å²) in [4.78, 5) is 0. The standard InChI is InChI=1S/C18H28BrNO/c1-4-6-7-8-9-11-21-18-15(3)12-17(19)13-16(18)14-20-10-5-2/h4,12-13,20H,1,5-11,14H2,2-3H3. The first-order valence-electron chi connectivity index (χ1n) is 7.92. The third-order valence-electron chi connectivity index (χ3n) is 3.36. The average Bonchev–Trinajstić information content (AvgIpc) is 2.45. The number of nitrogens with one attached hydrogen (secondary N) is 1. The Morgan fingerprint density at radius 2 is 2.10 bits per heavy atom. The number of hydrogen-bond acceptors (Lipinski definition) is 2. The maximum Gasteiger partial charge on any atom is 0.126 e. The van der Waals surface area contributed by atoms with E-state index in [0.29, 0.717) is 0 Å². The molecule has 0 heterocycles. The van der Waals surface area contributed by atoms with Gasteiger partial charge in [0.25, 0.3) is 0 Å². The van der Waals surface area contributed by atoms with E-state index in [0.717, 1.165) is 49.2 Å². The predicted octanol–water partition coefficient (Wildman–Crippen LogP) is 5.38. The number of allylic oxidation sites excluding steroid dienone is 1. The summed E-state index contributed by atoms with van der Waals surface area (Å²) >= 11 is 3.57. The Kier molecular flexibility index (Phi) is 9.44. The minimum atomic E-state index is 0.792. The number of aryl methyl sites for hydroxylation is 1. The van der Waals surface area contributed by atoms with Gasteiger partial charge in [-0.1, -0.05) is 28.9 Å². The normalized spacial score (nSPS) is 10.6. The van der Waals surface area contributed by atoms with Gasteiger partial charge in [0.05, 0.1) is 6.61 Å². The molecule has 0 bridgehead atoms. The Bertz CT molecular complexity index is 431. The van der Waals surface area contributed by atoms with E-state index in [2.05, 4.69) is 53.8 Å². The quantitative estimate of drug-likeness (QED) is 0.425. The molecule has 0 spiro atoms. The largest absolute Gasteiger partial charge is 0.493 e. The Morgan fingerprint density at radius 1 is 1.29 bits per heavy atom. The van der Waals surface area contributed by atoms with E-state index < -0.39 is 0 Å². The third kappa shape index (κ3) is 7.14. The second-order valence-corrected chi connectivity index (χ2v) is 6.29. The second kappa shape index (κ2) is 10.9. The van der Waals surface area contributed by atoms with Gasteiger partial charge in [0.2, 0.25) is 0 Å². The van der Waals surface area contributed by atoms with Crippen LogP contribution in [0.25, 0.3) is 0 Å². The van der Waals surface area contributed by atoms with Gasteiger partial charge < -0.3 is 10.1 Å². The van der Waals surface area contributed by atoms with Gasteiger partial charge in [-0.05, 0) is 63.3 Å². The fourth-order valence-corrected chi connectivity index (χ4v) is 2.90. The number of ether oxygens (including phenoxy) is 1. The van der Waals surface area contributed by atoms with E-state index in [1.54, 1.807) is 0 Å². The van der Waals surface area contributed by atoms with Crippen LogP contribution in [0.5, 0.6) is 5.75 Å². The molecule has 1 N–H and O–H groups in total. The second-order valence-electron chi connectivity index (χ2n) is 5.37. The van der Waals surface area contributed by atoms with Crippen molar-refractivity contribution in [3.63, 3.8) is 0 Å². The molecular weight excluding hydrogens is 326 g/mol. The Balaban J connectivity index is 2.55. The summed E-state index contributed by atoms with van der Waals surface area (Å²) in [5.41, 5.74) is 2.44. The summed E-state index contributed by atoms with van der Waals surface area (Å²) in [7, 11) is 0. The lowest BCUT2D eigenvalue weighted by molar-refractivity contribution is 0.299. The van der Waals surface area contributed by atoms with E-state index in [1.807, 2.05) is 6.08 Å². The number of benzene rings is 1. The van der Waals surface area contributed by atoms with E-state index in [1.165, 1.54) is 24.0 Å². The van der Waals surface area contributed by atoms with Crippen molar-refractivity contribution in [3.8, 4) is 5.75 Å². The maximum absolute atomic E-state index is 6.05. The number of unbranched alkanes of at least 4 members (excludes halogenated alkanes) is 3. The molecule has 0 unspecified atom stereocenters. The molecule has 0 fully saturated rings. The van der Waals surface area contributed by atoms with E-state index in [-0.39, 0.29) is 0 Å². The molecule has 0 aliphatic carbocycles. The van der Waals surface area contributed by atoms with Gasteiger partial charge in [0.15, 0.2) is 0 Å². The maximum atomic E-state index is 6.05. The minimum Gasteiger partial charge on any atom is -0.493 e. The van der Waals surface area contributed by atoms with E-state index in [9.17, 15) is 0 Å². The molecule has 0 amide bonds. The van der Waals surface area contributed by atoms with Gasteiger partial charge in [-0.3, -0.25) is 0 Å².